The molecule has 0 bridgehead atoms. The van der Waals surface area contributed by atoms with E-state index in [9.17, 15) is 0 Å². The highest BCUT2D eigenvalue weighted by molar-refractivity contribution is 5.01. The highest BCUT2D eigenvalue weighted by Crippen LogP contribution is 2.20. The van der Waals surface area contributed by atoms with E-state index in [0.29, 0.717) is 0 Å². The fourth-order valence-corrected chi connectivity index (χ4v) is 2.46. The van der Waals surface area contributed by atoms with Crippen molar-refractivity contribution in [1.82, 2.24) is 10.2 Å². The maximum Gasteiger partial charge on any atom is 0.0351 e. The molecular formula is C12H22N2. The quantitative estimate of drug-likeness (QED) is 0.686. The molecule has 0 spiro atoms. The number of hydrogen-bond acceptors (Lipinski definition) is 2. The fraction of sp³-hybridized carbons (Fsp3) is 0.833. The molecular weight excluding hydrogens is 172 g/mol. The van der Waals surface area contributed by atoms with Crippen LogP contribution >= 0.6 is 0 Å². The molecule has 1 saturated heterocycles. The van der Waals surface area contributed by atoms with Crippen LogP contribution in [0.1, 0.15) is 32.6 Å². The van der Waals surface area contributed by atoms with Crippen molar-refractivity contribution >= 4 is 0 Å². The van der Waals surface area contributed by atoms with E-state index in [2.05, 4.69) is 29.3 Å². The van der Waals surface area contributed by atoms with Gasteiger partial charge in [-0.3, -0.25) is 4.90 Å². The van der Waals surface area contributed by atoms with Gasteiger partial charge in [0.05, 0.1) is 0 Å². The molecule has 0 amide bonds. The minimum absolute atomic E-state index is 0.732. The third-order valence-corrected chi connectivity index (χ3v) is 3.37. The van der Waals surface area contributed by atoms with Crippen molar-refractivity contribution < 1.29 is 0 Å². The van der Waals surface area contributed by atoms with Crippen molar-refractivity contribution in [1.29, 1.82) is 0 Å². The average molecular weight is 194 g/mol. The standard InChI is InChI=1S/C12H22N2/c1-2-8-14(12-9-13-10-12)11-6-4-3-5-7-11/h4,6,11-13H,2-3,5,7-10H2,1H3. The summed E-state index contributed by atoms with van der Waals surface area (Å²) in [6, 6.07) is 1.54. The second kappa shape index (κ2) is 4.94. The maximum absolute atomic E-state index is 3.37. The van der Waals surface area contributed by atoms with Crippen molar-refractivity contribution in [3.05, 3.63) is 12.2 Å². The minimum Gasteiger partial charge on any atom is -0.314 e. The second-order valence-electron chi connectivity index (χ2n) is 4.48. The van der Waals surface area contributed by atoms with Crippen molar-refractivity contribution in [2.45, 2.75) is 44.7 Å². The van der Waals surface area contributed by atoms with Crippen LogP contribution in [0.3, 0.4) is 0 Å². The highest BCUT2D eigenvalue weighted by atomic mass is 15.2. The van der Waals surface area contributed by atoms with Crippen molar-refractivity contribution in [3.63, 3.8) is 0 Å². The number of rotatable bonds is 4. The molecule has 2 aliphatic rings. The molecule has 0 saturated carbocycles. The Morgan fingerprint density at radius 1 is 1.43 bits per heavy atom. The van der Waals surface area contributed by atoms with Gasteiger partial charge < -0.3 is 5.32 Å². The molecule has 0 aromatic heterocycles. The molecule has 1 aliphatic carbocycles. The van der Waals surface area contributed by atoms with Gasteiger partial charge in [-0.15, -0.1) is 0 Å². The van der Waals surface area contributed by atoms with Gasteiger partial charge in [0.25, 0.3) is 0 Å². The summed E-state index contributed by atoms with van der Waals surface area (Å²) in [5.74, 6) is 0. The van der Waals surface area contributed by atoms with Crippen molar-refractivity contribution in [3.8, 4) is 0 Å². The summed E-state index contributed by atoms with van der Waals surface area (Å²) in [5, 5.41) is 3.37. The summed E-state index contributed by atoms with van der Waals surface area (Å²) in [7, 11) is 0. The van der Waals surface area contributed by atoms with E-state index in [0.717, 1.165) is 12.1 Å². The third kappa shape index (κ3) is 2.18. The van der Waals surface area contributed by atoms with Crippen LogP contribution in [0.15, 0.2) is 12.2 Å². The number of allylic oxidation sites excluding steroid dienone is 1. The van der Waals surface area contributed by atoms with Gasteiger partial charge in [-0.05, 0) is 32.2 Å². The lowest BCUT2D eigenvalue weighted by Crippen LogP contribution is -2.59. The van der Waals surface area contributed by atoms with Gasteiger partial charge in [-0.25, -0.2) is 0 Å². The zero-order valence-electron chi connectivity index (χ0n) is 9.21. The lowest BCUT2D eigenvalue weighted by Gasteiger charge is -2.42. The molecule has 2 rings (SSSR count). The first-order valence-electron chi connectivity index (χ1n) is 6.05. The molecule has 0 aromatic carbocycles. The smallest absolute Gasteiger partial charge is 0.0351 e. The van der Waals surface area contributed by atoms with Gasteiger partial charge in [0.2, 0.25) is 0 Å². The topological polar surface area (TPSA) is 15.3 Å². The van der Waals surface area contributed by atoms with Gasteiger partial charge in [-0.2, -0.15) is 0 Å². The summed E-state index contributed by atoms with van der Waals surface area (Å²) in [6.07, 6.45) is 10.1. The number of hydrogen-bond donors (Lipinski definition) is 1. The summed E-state index contributed by atoms with van der Waals surface area (Å²) in [4.78, 5) is 2.70. The van der Waals surface area contributed by atoms with Crippen molar-refractivity contribution in [2.24, 2.45) is 0 Å². The summed E-state index contributed by atoms with van der Waals surface area (Å²) in [6.45, 7) is 5.95. The van der Waals surface area contributed by atoms with E-state index in [1.807, 2.05) is 0 Å². The van der Waals surface area contributed by atoms with Gasteiger partial charge in [-0.1, -0.05) is 19.1 Å². The molecule has 1 fully saturated rings. The van der Waals surface area contributed by atoms with Crippen LogP contribution in [-0.2, 0) is 0 Å². The zero-order valence-corrected chi connectivity index (χ0v) is 9.21. The Hall–Kier alpha value is -0.340. The predicted molar refractivity (Wildman–Crippen MR) is 60.4 cm³/mol. The van der Waals surface area contributed by atoms with Gasteiger partial charge >= 0.3 is 0 Å². The second-order valence-corrected chi connectivity index (χ2v) is 4.48. The molecule has 1 N–H and O–H groups in total. The number of nitrogens with zero attached hydrogens (tertiary/aromatic N) is 1. The normalized spacial score (nSPS) is 28.0. The fourth-order valence-electron chi connectivity index (χ4n) is 2.46. The Morgan fingerprint density at radius 2 is 2.29 bits per heavy atom. The summed E-state index contributed by atoms with van der Waals surface area (Å²) >= 11 is 0. The SMILES string of the molecule is CCCN(C1C=CCCC1)C1CNC1. The molecule has 14 heavy (non-hydrogen) atoms. The van der Waals surface area contributed by atoms with Crippen LogP contribution < -0.4 is 5.32 Å². The van der Waals surface area contributed by atoms with Crippen LogP contribution in [0.2, 0.25) is 0 Å². The van der Waals surface area contributed by atoms with E-state index < -0.39 is 0 Å². The molecule has 0 aromatic rings. The third-order valence-electron chi connectivity index (χ3n) is 3.37. The first-order chi connectivity index (χ1) is 6.92. The molecule has 0 radical (unpaired) electrons. The van der Waals surface area contributed by atoms with E-state index in [1.54, 1.807) is 0 Å². The van der Waals surface area contributed by atoms with Crippen LogP contribution in [0.25, 0.3) is 0 Å². The summed E-state index contributed by atoms with van der Waals surface area (Å²) < 4.78 is 0. The van der Waals surface area contributed by atoms with E-state index in [-0.39, 0.29) is 0 Å². The van der Waals surface area contributed by atoms with E-state index >= 15 is 0 Å². The average Bonchev–Trinajstić information content (AvgIpc) is 2.16. The van der Waals surface area contributed by atoms with E-state index in [1.165, 1.54) is 45.3 Å². The lowest BCUT2D eigenvalue weighted by atomic mass is 9.98. The van der Waals surface area contributed by atoms with Crippen molar-refractivity contribution in [2.75, 3.05) is 19.6 Å². The number of nitrogens with one attached hydrogen (secondary N) is 1. The van der Waals surface area contributed by atoms with Crippen LogP contribution in [0.5, 0.6) is 0 Å². The Bertz CT molecular complexity index is 196. The summed E-state index contributed by atoms with van der Waals surface area (Å²) in [5.41, 5.74) is 0. The first-order valence-corrected chi connectivity index (χ1v) is 6.05. The molecule has 1 heterocycles. The molecule has 2 nitrogen and oxygen atoms in total. The molecule has 80 valence electrons. The molecule has 1 aliphatic heterocycles. The largest absolute Gasteiger partial charge is 0.314 e. The van der Waals surface area contributed by atoms with E-state index in [4.69, 9.17) is 0 Å². The highest BCUT2D eigenvalue weighted by Gasteiger charge is 2.28. The zero-order chi connectivity index (χ0) is 9.80. The van der Waals surface area contributed by atoms with Crippen LogP contribution in [0.4, 0.5) is 0 Å². The predicted octanol–water partition coefficient (Wildman–Crippen LogP) is 1.78. The Morgan fingerprint density at radius 3 is 2.79 bits per heavy atom. The lowest BCUT2D eigenvalue weighted by molar-refractivity contribution is 0.108. The minimum atomic E-state index is 0.732. The Kier molecular flexibility index (Phi) is 3.60. The molecule has 1 atom stereocenters. The van der Waals surface area contributed by atoms with Crippen LogP contribution in [0, 0.1) is 0 Å². The first kappa shape index (κ1) is 10.2. The molecule has 1 unspecified atom stereocenters. The maximum atomic E-state index is 3.37. The Balaban J connectivity index is 1.93. The van der Waals surface area contributed by atoms with Gasteiger partial charge in [0.15, 0.2) is 0 Å². The van der Waals surface area contributed by atoms with Gasteiger partial charge in [0, 0.05) is 25.2 Å². The Labute approximate surface area is 87.4 Å². The molecule has 2 heteroatoms. The monoisotopic (exact) mass is 194 g/mol. The van der Waals surface area contributed by atoms with Gasteiger partial charge in [0.1, 0.15) is 0 Å². The van der Waals surface area contributed by atoms with Crippen LogP contribution in [-0.4, -0.2) is 36.6 Å².